The van der Waals surface area contributed by atoms with Crippen LogP contribution in [0.5, 0.6) is 0 Å². The van der Waals surface area contributed by atoms with E-state index in [1.54, 1.807) is 0 Å². The van der Waals surface area contributed by atoms with E-state index in [2.05, 4.69) is 5.32 Å². The van der Waals surface area contributed by atoms with Gasteiger partial charge in [0.25, 0.3) is 0 Å². The first-order chi connectivity index (χ1) is 5.09. The molecule has 1 N–H and O–H groups in total. The standard InChI is InChI=1S/C7H11F2NO/c1-4(11)10-5-2-6(8)7(9)3-5/h5-7H,2-3H2,1H3,(H,10,11)/t5?,6-,7+. The maximum absolute atomic E-state index is 12.5. The van der Waals surface area contributed by atoms with Crippen molar-refractivity contribution in [3.05, 3.63) is 0 Å². The summed E-state index contributed by atoms with van der Waals surface area (Å²) in [6.45, 7) is 1.35. The Morgan fingerprint density at radius 2 is 1.82 bits per heavy atom. The first-order valence-corrected chi connectivity index (χ1v) is 3.65. The Bertz CT molecular complexity index is 153. The highest BCUT2D eigenvalue weighted by atomic mass is 19.2. The van der Waals surface area contributed by atoms with Gasteiger partial charge in [-0.05, 0) is 0 Å². The average Bonchev–Trinajstić information content (AvgIpc) is 2.10. The van der Waals surface area contributed by atoms with Crippen molar-refractivity contribution in [2.75, 3.05) is 0 Å². The molecule has 0 aromatic heterocycles. The van der Waals surface area contributed by atoms with Crippen LogP contribution in [-0.2, 0) is 4.79 Å². The van der Waals surface area contributed by atoms with Crippen molar-refractivity contribution in [2.24, 2.45) is 0 Å². The van der Waals surface area contributed by atoms with Gasteiger partial charge in [0.15, 0.2) is 0 Å². The third-order valence-corrected chi connectivity index (χ3v) is 1.82. The second kappa shape index (κ2) is 3.15. The number of hydrogen-bond acceptors (Lipinski definition) is 1. The van der Waals surface area contributed by atoms with E-state index in [9.17, 15) is 13.6 Å². The molecule has 0 aromatic rings. The molecule has 0 saturated heterocycles. The van der Waals surface area contributed by atoms with Crippen molar-refractivity contribution in [1.82, 2.24) is 5.32 Å². The lowest BCUT2D eigenvalue weighted by Gasteiger charge is -2.07. The van der Waals surface area contributed by atoms with Crippen LogP contribution in [0.3, 0.4) is 0 Å². The van der Waals surface area contributed by atoms with Gasteiger partial charge in [0.1, 0.15) is 12.3 Å². The van der Waals surface area contributed by atoms with E-state index >= 15 is 0 Å². The van der Waals surface area contributed by atoms with Crippen molar-refractivity contribution in [1.29, 1.82) is 0 Å². The first-order valence-electron chi connectivity index (χ1n) is 3.65. The molecule has 1 amide bonds. The van der Waals surface area contributed by atoms with Crippen LogP contribution in [0, 0.1) is 0 Å². The van der Waals surface area contributed by atoms with Gasteiger partial charge in [0.05, 0.1) is 0 Å². The summed E-state index contributed by atoms with van der Waals surface area (Å²) in [5, 5.41) is 2.48. The minimum absolute atomic E-state index is 0.112. The summed E-state index contributed by atoms with van der Waals surface area (Å²) in [6.07, 6.45) is -2.57. The third-order valence-electron chi connectivity index (χ3n) is 1.82. The van der Waals surface area contributed by atoms with Crippen LogP contribution < -0.4 is 5.32 Å². The van der Waals surface area contributed by atoms with Gasteiger partial charge in [-0.3, -0.25) is 4.79 Å². The number of halogens is 2. The highest BCUT2D eigenvalue weighted by Gasteiger charge is 2.34. The quantitative estimate of drug-likeness (QED) is 0.613. The molecule has 64 valence electrons. The van der Waals surface area contributed by atoms with Gasteiger partial charge in [0, 0.05) is 25.8 Å². The third kappa shape index (κ3) is 2.13. The molecular formula is C7H11F2NO. The summed E-state index contributed by atoms with van der Waals surface area (Å²) >= 11 is 0. The molecular weight excluding hydrogens is 152 g/mol. The van der Waals surface area contributed by atoms with E-state index in [0.29, 0.717) is 0 Å². The van der Waals surface area contributed by atoms with Crippen LogP contribution in [-0.4, -0.2) is 24.3 Å². The van der Waals surface area contributed by atoms with E-state index in [-0.39, 0.29) is 24.8 Å². The SMILES string of the molecule is CC(=O)NC1C[C@@H](F)[C@@H](F)C1. The van der Waals surface area contributed by atoms with E-state index in [4.69, 9.17) is 0 Å². The maximum Gasteiger partial charge on any atom is 0.217 e. The molecule has 1 rings (SSSR count). The molecule has 3 atom stereocenters. The molecule has 4 heteroatoms. The number of carbonyl (C=O) groups is 1. The molecule has 0 bridgehead atoms. The predicted octanol–water partition coefficient (Wildman–Crippen LogP) is 0.961. The molecule has 0 radical (unpaired) electrons. The molecule has 1 aliphatic rings. The number of rotatable bonds is 1. The molecule has 0 heterocycles. The van der Waals surface area contributed by atoms with Gasteiger partial charge in [-0.15, -0.1) is 0 Å². The van der Waals surface area contributed by atoms with E-state index < -0.39 is 12.3 Å². The lowest BCUT2D eigenvalue weighted by molar-refractivity contribution is -0.119. The topological polar surface area (TPSA) is 29.1 Å². The number of nitrogens with one attached hydrogen (secondary N) is 1. The Morgan fingerprint density at radius 1 is 1.36 bits per heavy atom. The maximum atomic E-state index is 12.5. The van der Waals surface area contributed by atoms with Crippen molar-refractivity contribution in [3.8, 4) is 0 Å². The highest BCUT2D eigenvalue weighted by Crippen LogP contribution is 2.25. The number of alkyl halides is 2. The molecule has 1 fully saturated rings. The monoisotopic (exact) mass is 163 g/mol. The van der Waals surface area contributed by atoms with Crippen molar-refractivity contribution in [3.63, 3.8) is 0 Å². The van der Waals surface area contributed by atoms with Crippen LogP contribution in [0.15, 0.2) is 0 Å². The number of carbonyl (C=O) groups excluding carboxylic acids is 1. The summed E-state index contributed by atoms with van der Waals surface area (Å²) < 4.78 is 25.0. The van der Waals surface area contributed by atoms with Gasteiger partial charge in [-0.2, -0.15) is 0 Å². The average molecular weight is 163 g/mol. The van der Waals surface area contributed by atoms with E-state index in [1.807, 2.05) is 0 Å². The molecule has 1 aliphatic carbocycles. The zero-order chi connectivity index (χ0) is 8.43. The van der Waals surface area contributed by atoms with Gasteiger partial charge in [-0.25, -0.2) is 8.78 Å². The van der Waals surface area contributed by atoms with Crippen LogP contribution in [0.25, 0.3) is 0 Å². The zero-order valence-corrected chi connectivity index (χ0v) is 6.31. The van der Waals surface area contributed by atoms with Crippen molar-refractivity contribution in [2.45, 2.75) is 38.2 Å². The summed E-state index contributed by atoms with van der Waals surface area (Å²) in [6, 6.07) is -0.308. The summed E-state index contributed by atoms with van der Waals surface area (Å²) in [5.74, 6) is -0.226. The number of hydrogen-bond donors (Lipinski definition) is 1. The smallest absolute Gasteiger partial charge is 0.217 e. The van der Waals surface area contributed by atoms with Crippen LogP contribution in [0.1, 0.15) is 19.8 Å². The fourth-order valence-corrected chi connectivity index (χ4v) is 1.34. The summed E-state index contributed by atoms with van der Waals surface area (Å²) in [4.78, 5) is 10.5. The van der Waals surface area contributed by atoms with Gasteiger partial charge in [0.2, 0.25) is 5.91 Å². The molecule has 0 spiro atoms. The fraction of sp³-hybridized carbons (Fsp3) is 0.857. The second-order valence-electron chi connectivity index (χ2n) is 2.90. The zero-order valence-electron chi connectivity index (χ0n) is 6.31. The molecule has 1 unspecified atom stereocenters. The fourth-order valence-electron chi connectivity index (χ4n) is 1.34. The first kappa shape index (κ1) is 8.43. The van der Waals surface area contributed by atoms with Crippen LogP contribution in [0.4, 0.5) is 8.78 Å². The van der Waals surface area contributed by atoms with Gasteiger partial charge < -0.3 is 5.32 Å². The molecule has 0 aliphatic heterocycles. The lowest BCUT2D eigenvalue weighted by Crippen LogP contribution is -2.31. The van der Waals surface area contributed by atoms with Gasteiger partial charge in [-0.1, -0.05) is 0 Å². The van der Waals surface area contributed by atoms with Crippen molar-refractivity contribution >= 4 is 5.91 Å². The molecule has 0 aromatic carbocycles. The normalized spacial score (nSPS) is 37.2. The number of amides is 1. The molecule has 1 saturated carbocycles. The Kier molecular flexibility index (Phi) is 2.42. The molecule has 2 nitrogen and oxygen atoms in total. The molecule has 11 heavy (non-hydrogen) atoms. The second-order valence-corrected chi connectivity index (χ2v) is 2.90. The highest BCUT2D eigenvalue weighted by molar-refractivity contribution is 5.73. The Hall–Kier alpha value is -0.670. The minimum atomic E-state index is -1.40. The Labute approximate surface area is 64.0 Å². The van der Waals surface area contributed by atoms with Gasteiger partial charge >= 0.3 is 0 Å². The largest absolute Gasteiger partial charge is 0.353 e. The minimum Gasteiger partial charge on any atom is -0.353 e. The summed E-state index contributed by atoms with van der Waals surface area (Å²) in [5.41, 5.74) is 0. The van der Waals surface area contributed by atoms with Crippen LogP contribution >= 0.6 is 0 Å². The Morgan fingerprint density at radius 3 is 2.18 bits per heavy atom. The summed E-state index contributed by atoms with van der Waals surface area (Å²) in [7, 11) is 0. The van der Waals surface area contributed by atoms with E-state index in [1.165, 1.54) is 6.92 Å². The predicted molar refractivity (Wildman–Crippen MR) is 36.6 cm³/mol. The lowest BCUT2D eigenvalue weighted by atomic mass is 10.2. The van der Waals surface area contributed by atoms with Crippen molar-refractivity contribution < 1.29 is 13.6 Å². The van der Waals surface area contributed by atoms with Crippen LogP contribution in [0.2, 0.25) is 0 Å². The Balaban J connectivity index is 2.35. The van der Waals surface area contributed by atoms with E-state index in [0.717, 1.165) is 0 Å².